The van der Waals surface area contributed by atoms with E-state index in [0.717, 1.165) is 0 Å². The first kappa shape index (κ1) is 12.6. The van der Waals surface area contributed by atoms with E-state index >= 15 is 0 Å². The molecule has 5 nitrogen and oxygen atoms in total. The minimum Gasteiger partial charge on any atom is -0.469 e. The summed E-state index contributed by atoms with van der Waals surface area (Å²) in [6, 6.07) is 0. The SMILES string of the molecule is COC(=O)Cc1c(Cl)[nH]c(C)c1C(=O)OC. The highest BCUT2D eigenvalue weighted by Crippen LogP contribution is 2.24. The molecule has 0 aliphatic rings. The van der Waals surface area contributed by atoms with Gasteiger partial charge in [-0.3, -0.25) is 4.79 Å². The molecular weight excluding hydrogens is 234 g/mol. The van der Waals surface area contributed by atoms with Crippen molar-refractivity contribution in [2.24, 2.45) is 0 Å². The van der Waals surface area contributed by atoms with Crippen LogP contribution in [0.1, 0.15) is 21.6 Å². The summed E-state index contributed by atoms with van der Waals surface area (Å²) >= 11 is 5.88. The molecule has 0 fully saturated rings. The molecule has 6 heteroatoms. The first-order valence-corrected chi connectivity index (χ1v) is 4.91. The lowest BCUT2D eigenvalue weighted by molar-refractivity contribution is -0.139. The lowest BCUT2D eigenvalue weighted by Gasteiger charge is -2.03. The van der Waals surface area contributed by atoms with Gasteiger partial charge in [-0.15, -0.1) is 0 Å². The highest BCUT2D eigenvalue weighted by atomic mass is 35.5. The van der Waals surface area contributed by atoms with E-state index in [1.165, 1.54) is 14.2 Å². The lowest BCUT2D eigenvalue weighted by Crippen LogP contribution is -2.10. The number of carbonyl (C=O) groups excluding carboxylic acids is 2. The molecule has 1 rings (SSSR count). The molecule has 1 aromatic rings. The van der Waals surface area contributed by atoms with Gasteiger partial charge in [0.1, 0.15) is 5.15 Å². The van der Waals surface area contributed by atoms with Crippen LogP contribution in [0.15, 0.2) is 0 Å². The molecule has 0 aromatic carbocycles. The fourth-order valence-corrected chi connectivity index (χ4v) is 1.70. The number of ether oxygens (including phenoxy) is 2. The quantitative estimate of drug-likeness (QED) is 0.819. The number of hydrogen-bond acceptors (Lipinski definition) is 4. The van der Waals surface area contributed by atoms with E-state index in [1.54, 1.807) is 6.92 Å². The third-order valence-electron chi connectivity index (χ3n) is 2.18. The van der Waals surface area contributed by atoms with Crippen molar-refractivity contribution >= 4 is 23.5 Å². The Bertz CT molecular complexity index is 425. The van der Waals surface area contributed by atoms with Crippen LogP contribution in [-0.2, 0) is 20.7 Å². The maximum Gasteiger partial charge on any atom is 0.340 e. The number of esters is 2. The van der Waals surface area contributed by atoms with Crippen molar-refractivity contribution in [3.05, 3.63) is 22.0 Å². The average molecular weight is 246 g/mol. The molecule has 0 saturated heterocycles. The monoisotopic (exact) mass is 245 g/mol. The van der Waals surface area contributed by atoms with E-state index in [2.05, 4.69) is 14.5 Å². The fourth-order valence-electron chi connectivity index (χ4n) is 1.40. The largest absolute Gasteiger partial charge is 0.469 e. The standard InChI is InChI=1S/C10H12ClNO4/c1-5-8(10(14)16-3)6(9(11)12-5)4-7(13)15-2/h12H,4H2,1-3H3. The van der Waals surface area contributed by atoms with Crippen molar-refractivity contribution in [2.45, 2.75) is 13.3 Å². The molecule has 0 radical (unpaired) electrons. The van der Waals surface area contributed by atoms with Gasteiger partial charge < -0.3 is 14.5 Å². The predicted octanol–water partition coefficient (Wildman–Crippen LogP) is 1.48. The third-order valence-corrected chi connectivity index (χ3v) is 2.50. The number of carbonyl (C=O) groups is 2. The molecule has 0 atom stereocenters. The second kappa shape index (κ2) is 5.03. The van der Waals surface area contributed by atoms with Gasteiger partial charge in [0.2, 0.25) is 0 Å². The van der Waals surface area contributed by atoms with Gasteiger partial charge in [0.05, 0.1) is 26.2 Å². The van der Waals surface area contributed by atoms with Crippen LogP contribution in [0, 0.1) is 6.92 Å². The van der Waals surface area contributed by atoms with Gasteiger partial charge in [0.15, 0.2) is 0 Å². The van der Waals surface area contributed by atoms with Crippen LogP contribution in [0.25, 0.3) is 0 Å². The fraction of sp³-hybridized carbons (Fsp3) is 0.400. The lowest BCUT2D eigenvalue weighted by atomic mass is 10.1. The number of H-pyrrole nitrogens is 1. The number of halogens is 1. The summed E-state index contributed by atoms with van der Waals surface area (Å²) in [7, 11) is 2.54. The third kappa shape index (κ3) is 2.36. The molecule has 0 aliphatic carbocycles. The maximum atomic E-state index is 11.5. The van der Waals surface area contributed by atoms with Gasteiger partial charge in [0, 0.05) is 11.3 Å². The summed E-state index contributed by atoms with van der Waals surface area (Å²) in [6.07, 6.45) is -0.0654. The Balaban J connectivity index is 3.15. The number of nitrogens with one attached hydrogen (secondary N) is 1. The molecule has 88 valence electrons. The summed E-state index contributed by atoms with van der Waals surface area (Å²) < 4.78 is 9.14. The molecule has 1 N–H and O–H groups in total. The first-order chi connectivity index (χ1) is 7.51. The Morgan fingerprint density at radius 3 is 2.44 bits per heavy atom. The molecule has 16 heavy (non-hydrogen) atoms. The Kier molecular flexibility index (Phi) is 3.95. The normalized spacial score (nSPS) is 10.0. The highest BCUT2D eigenvalue weighted by Gasteiger charge is 2.22. The molecule has 0 bridgehead atoms. The molecule has 1 aromatic heterocycles. The van der Waals surface area contributed by atoms with E-state index in [0.29, 0.717) is 11.3 Å². The van der Waals surface area contributed by atoms with Crippen molar-refractivity contribution < 1.29 is 19.1 Å². The Labute approximate surface area is 97.7 Å². The van der Waals surface area contributed by atoms with Crippen LogP contribution < -0.4 is 0 Å². The summed E-state index contributed by atoms with van der Waals surface area (Å²) in [6.45, 7) is 1.68. The zero-order valence-electron chi connectivity index (χ0n) is 9.22. The summed E-state index contributed by atoms with van der Waals surface area (Å²) in [4.78, 5) is 25.4. The maximum absolute atomic E-state index is 11.5. The van der Waals surface area contributed by atoms with Crippen LogP contribution in [0.5, 0.6) is 0 Å². The summed E-state index contributed by atoms with van der Waals surface area (Å²) in [5, 5.41) is 0.253. The zero-order valence-corrected chi connectivity index (χ0v) is 9.97. The summed E-state index contributed by atoms with van der Waals surface area (Å²) in [5.74, 6) is -0.995. The number of aryl methyl sites for hydroxylation is 1. The minimum absolute atomic E-state index is 0.0654. The van der Waals surface area contributed by atoms with E-state index in [9.17, 15) is 9.59 Å². The van der Waals surface area contributed by atoms with Gasteiger partial charge in [-0.25, -0.2) is 4.79 Å². The molecule has 0 unspecified atom stereocenters. The van der Waals surface area contributed by atoms with Gasteiger partial charge in [-0.1, -0.05) is 11.6 Å². The van der Waals surface area contributed by atoms with Crippen LogP contribution >= 0.6 is 11.6 Å². The van der Waals surface area contributed by atoms with Crippen molar-refractivity contribution in [3.63, 3.8) is 0 Å². The van der Waals surface area contributed by atoms with Crippen LogP contribution in [0.4, 0.5) is 0 Å². The van der Waals surface area contributed by atoms with Crippen molar-refractivity contribution in [1.82, 2.24) is 4.98 Å². The molecular formula is C10H12ClNO4. The Hall–Kier alpha value is -1.49. The second-order valence-electron chi connectivity index (χ2n) is 3.16. The van der Waals surface area contributed by atoms with E-state index in [-0.39, 0.29) is 17.1 Å². The first-order valence-electron chi connectivity index (χ1n) is 4.53. The Morgan fingerprint density at radius 2 is 1.94 bits per heavy atom. The number of aromatic nitrogens is 1. The summed E-state index contributed by atoms with van der Waals surface area (Å²) in [5.41, 5.74) is 1.26. The molecule has 0 aliphatic heterocycles. The van der Waals surface area contributed by atoms with Gasteiger partial charge in [0.25, 0.3) is 0 Å². The molecule has 0 saturated carbocycles. The number of hydrogen-bond donors (Lipinski definition) is 1. The highest BCUT2D eigenvalue weighted by molar-refractivity contribution is 6.31. The average Bonchev–Trinajstić information content (AvgIpc) is 2.53. The van der Waals surface area contributed by atoms with Crippen LogP contribution in [-0.4, -0.2) is 31.1 Å². The van der Waals surface area contributed by atoms with Gasteiger partial charge >= 0.3 is 11.9 Å². The van der Waals surface area contributed by atoms with E-state index in [1.807, 2.05) is 0 Å². The number of rotatable bonds is 3. The van der Waals surface area contributed by atoms with Crippen molar-refractivity contribution in [2.75, 3.05) is 14.2 Å². The molecule has 0 amide bonds. The zero-order chi connectivity index (χ0) is 12.3. The molecule has 1 heterocycles. The van der Waals surface area contributed by atoms with Gasteiger partial charge in [-0.05, 0) is 6.92 Å². The van der Waals surface area contributed by atoms with E-state index < -0.39 is 11.9 Å². The predicted molar refractivity (Wildman–Crippen MR) is 57.6 cm³/mol. The van der Waals surface area contributed by atoms with Gasteiger partial charge in [-0.2, -0.15) is 0 Å². The Morgan fingerprint density at radius 1 is 1.31 bits per heavy atom. The van der Waals surface area contributed by atoms with Crippen LogP contribution in [0.2, 0.25) is 5.15 Å². The number of aromatic amines is 1. The van der Waals surface area contributed by atoms with Crippen molar-refractivity contribution in [3.8, 4) is 0 Å². The number of methoxy groups -OCH3 is 2. The molecule has 0 spiro atoms. The smallest absolute Gasteiger partial charge is 0.340 e. The second-order valence-corrected chi connectivity index (χ2v) is 3.54. The topological polar surface area (TPSA) is 68.4 Å². The van der Waals surface area contributed by atoms with Crippen LogP contribution in [0.3, 0.4) is 0 Å². The minimum atomic E-state index is -0.528. The van der Waals surface area contributed by atoms with E-state index in [4.69, 9.17) is 11.6 Å². The van der Waals surface area contributed by atoms with Crippen molar-refractivity contribution in [1.29, 1.82) is 0 Å².